The fraction of sp³-hybridized carbons (Fsp3) is 0.227. The Kier molecular flexibility index (Phi) is 7.93. The highest BCUT2D eigenvalue weighted by Gasteiger charge is 2.51. The van der Waals surface area contributed by atoms with E-state index in [1.165, 1.54) is 26.4 Å². The molecule has 0 amide bonds. The number of carboxylic acid groups (broad SMARTS) is 2. The Labute approximate surface area is 192 Å². The van der Waals surface area contributed by atoms with Crippen LogP contribution >= 0.6 is 0 Å². The first-order valence-electron chi connectivity index (χ1n) is 9.46. The lowest BCUT2D eigenvalue weighted by atomic mass is 9.88. The van der Waals surface area contributed by atoms with Crippen molar-refractivity contribution in [3.8, 4) is 28.7 Å². The second-order valence-corrected chi connectivity index (χ2v) is 6.99. The van der Waals surface area contributed by atoms with Gasteiger partial charge < -0.3 is 44.8 Å². The fourth-order valence-corrected chi connectivity index (χ4v) is 2.95. The molecule has 2 rings (SSSR count). The Hall–Kier alpha value is -4.45. The minimum atomic E-state index is -3.12. The third-order valence-corrected chi connectivity index (χ3v) is 4.69. The molecule has 12 nitrogen and oxygen atoms in total. The molecule has 0 unspecified atom stereocenters. The third-order valence-electron chi connectivity index (χ3n) is 4.69. The largest absolute Gasteiger partial charge is 0.504 e. The smallest absolute Gasteiger partial charge is 0.348 e. The van der Waals surface area contributed by atoms with Crippen molar-refractivity contribution in [1.29, 1.82) is 0 Å². The number of carboxylic acids is 2. The number of phenolic OH excluding ortho intramolecular Hbond substituents is 3. The molecule has 0 radical (unpaired) electrons. The molecule has 0 fully saturated rings. The van der Waals surface area contributed by atoms with Gasteiger partial charge in [-0.3, -0.25) is 0 Å². The number of methoxy groups -OCH3 is 2. The number of aromatic hydroxyl groups is 3. The predicted octanol–water partition coefficient (Wildman–Crippen LogP) is 0.889. The third kappa shape index (κ3) is 5.66. The van der Waals surface area contributed by atoms with Crippen molar-refractivity contribution in [3.63, 3.8) is 0 Å². The lowest BCUT2D eigenvalue weighted by Crippen LogP contribution is -2.56. The number of ether oxygens (including phenoxy) is 3. The van der Waals surface area contributed by atoms with Crippen molar-refractivity contribution in [3.05, 3.63) is 47.5 Å². The summed E-state index contributed by atoms with van der Waals surface area (Å²) in [6.45, 7) is 0. The summed E-state index contributed by atoms with van der Waals surface area (Å²) in [4.78, 5) is 35.7. The normalized spacial score (nSPS) is 13.6. The number of esters is 1. The van der Waals surface area contributed by atoms with E-state index < -0.39 is 47.5 Å². The Balaban J connectivity index is 2.31. The highest BCUT2D eigenvalue weighted by atomic mass is 16.6. The molecular weight excluding hydrogens is 456 g/mol. The topological polar surface area (TPSA) is 200 Å². The van der Waals surface area contributed by atoms with Crippen LogP contribution in [0.15, 0.2) is 36.4 Å². The van der Waals surface area contributed by atoms with Crippen LogP contribution in [-0.2, 0) is 25.5 Å². The minimum absolute atomic E-state index is 0.0215. The van der Waals surface area contributed by atoms with Crippen molar-refractivity contribution < 1.29 is 59.2 Å². The molecule has 34 heavy (non-hydrogen) atoms. The van der Waals surface area contributed by atoms with Gasteiger partial charge in [-0.15, -0.1) is 0 Å². The van der Waals surface area contributed by atoms with E-state index in [1.807, 2.05) is 0 Å². The monoisotopic (exact) mass is 478 g/mol. The van der Waals surface area contributed by atoms with Crippen LogP contribution in [-0.4, -0.2) is 74.5 Å². The summed E-state index contributed by atoms with van der Waals surface area (Å²) in [5.41, 5.74) is -2.89. The molecule has 2 aromatic carbocycles. The molecule has 6 N–H and O–H groups in total. The molecule has 0 bridgehead atoms. The quantitative estimate of drug-likeness (QED) is 0.160. The second kappa shape index (κ2) is 10.4. The van der Waals surface area contributed by atoms with E-state index in [0.717, 1.165) is 30.4 Å². The predicted molar refractivity (Wildman–Crippen MR) is 114 cm³/mol. The van der Waals surface area contributed by atoms with Gasteiger partial charge in [-0.25, -0.2) is 14.4 Å². The van der Waals surface area contributed by atoms with E-state index in [1.54, 1.807) is 0 Å². The van der Waals surface area contributed by atoms with Crippen LogP contribution in [0.4, 0.5) is 0 Å². The van der Waals surface area contributed by atoms with Gasteiger partial charge in [-0.05, 0) is 41.5 Å². The Morgan fingerprint density at radius 1 is 0.971 bits per heavy atom. The number of benzene rings is 2. The maximum absolute atomic E-state index is 12.3. The summed E-state index contributed by atoms with van der Waals surface area (Å²) >= 11 is 0. The summed E-state index contributed by atoms with van der Waals surface area (Å²) in [7, 11) is 2.57. The minimum Gasteiger partial charge on any atom is -0.504 e. The highest BCUT2D eigenvalue weighted by molar-refractivity contribution is 5.93. The molecule has 0 spiro atoms. The maximum Gasteiger partial charge on any atom is 0.348 e. The van der Waals surface area contributed by atoms with Crippen LogP contribution in [0, 0.1) is 0 Å². The van der Waals surface area contributed by atoms with Gasteiger partial charge in [0.15, 0.2) is 23.0 Å². The molecule has 0 aliphatic rings. The fourth-order valence-electron chi connectivity index (χ4n) is 2.95. The number of hydrogen-bond acceptors (Lipinski definition) is 10. The lowest BCUT2D eigenvalue weighted by Gasteiger charge is -2.29. The summed E-state index contributed by atoms with van der Waals surface area (Å²) in [6.07, 6.45) is -1.49. The molecule has 12 heteroatoms. The van der Waals surface area contributed by atoms with Gasteiger partial charge in [0.05, 0.1) is 14.2 Å². The van der Waals surface area contributed by atoms with Gasteiger partial charge in [-0.2, -0.15) is 0 Å². The molecule has 0 aromatic heterocycles. The van der Waals surface area contributed by atoms with Crippen molar-refractivity contribution in [2.24, 2.45) is 0 Å². The molecule has 2 atom stereocenters. The zero-order valence-electron chi connectivity index (χ0n) is 18.0. The number of aliphatic hydroxyl groups is 1. The standard InChI is InChI=1S/C22H22O12/c1-32-15-8-11(9-16(33-2)18(15)26)4-6-17(25)34-19(20(27)28)22(31,21(29)30)10-12-3-5-13(23)14(24)7-12/h3-9,19,23-24,26,31H,10H2,1-2H3,(H,27,28)(H,29,30)/t19-,22-/m1/s1. The van der Waals surface area contributed by atoms with Crippen LogP contribution in [0.25, 0.3) is 6.08 Å². The molecular formula is C22H22O12. The number of hydrogen-bond donors (Lipinski definition) is 6. The van der Waals surface area contributed by atoms with Crippen LogP contribution in [0.2, 0.25) is 0 Å². The molecule has 0 heterocycles. The first kappa shape index (κ1) is 25.8. The van der Waals surface area contributed by atoms with Crippen LogP contribution in [0.5, 0.6) is 28.7 Å². The van der Waals surface area contributed by atoms with Gasteiger partial charge in [0.1, 0.15) is 0 Å². The van der Waals surface area contributed by atoms with E-state index in [0.29, 0.717) is 0 Å². The van der Waals surface area contributed by atoms with Crippen LogP contribution in [0.1, 0.15) is 11.1 Å². The van der Waals surface area contributed by atoms with Crippen molar-refractivity contribution >= 4 is 24.0 Å². The zero-order valence-corrected chi connectivity index (χ0v) is 18.0. The summed E-state index contributed by atoms with van der Waals surface area (Å²) in [6, 6.07) is 5.75. The van der Waals surface area contributed by atoms with Crippen LogP contribution in [0.3, 0.4) is 0 Å². The van der Waals surface area contributed by atoms with Crippen molar-refractivity contribution in [1.82, 2.24) is 0 Å². The Morgan fingerprint density at radius 2 is 1.56 bits per heavy atom. The number of phenols is 3. The summed E-state index contributed by atoms with van der Waals surface area (Å²) in [5, 5.41) is 58.5. The van der Waals surface area contributed by atoms with E-state index in [9.17, 15) is 45.0 Å². The molecule has 0 saturated carbocycles. The molecule has 0 aliphatic carbocycles. The van der Waals surface area contributed by atoms with Crippen LogP contribution < -0.4 is 9.47 Å². The number of carbonyl (C=O) groups is 3. The highest BCUT2D eigenvalue weighted by Crippen LogP contribution is 2.37. The Bertz CT molecular complexity index is 1100. The van der Waals surface area contributed by atoms with Crippen molar-refractivity contribution in [2.45, 2.75) is 18.1 Å². The SMILES string of the molecule is COc1cc(C=CC(=O)O[C@H](C(=O)O)[C@](O)(Cc2ccc(O)c(O)c2)C(=O)O)cc(OC)c1O. The first-order chi connectivity index (χ1) is 15.9. The van der Waals surface area contributed by atoms with E-state index in [2.05, 4.69) is 0 Å². The number of carbonyl (C=O) groups excluding carboxylic acids is 1. The van der Waals surface area contributed by atoms with E-state index >= 15 is 0 Å². The first-order valence-corrected chi connectivity index (χ1v) is 9.46. The second-order valence-electron chi connectivity index (χ2n) is 6.99. The van der Waals surface area contributed by atoms with Gasteiger partial charge in [-0.1, -0.05) is 6.07 Å². The van der Waals surface area contributed by atoms with E-state index in [-0.39, 0.29) is 28.4 Å². The molecule has 0 aliphatic heterocycles. The molecule has 2 aromatic rings. The number of rotatable bonds is 10. The van der Waals surface area contributed by atoms with Gasteiger partial charge in [0.2, 0.25) is 17.5 Å². The zero-order chi connectivity index (χ0) is 25.6. The molecule has 0 saturated heterocycles. The average Bonchev–Trinajstić information content (AvgIpc) is 2.78. The lowest BCUT2D eigenvalue weighted by molar-refractivity contribution is -0.192. The van der Waals surface area contributed by atoms with Gasteiger partial charge in [0, 0.05) is 12.5 Å². The summed E-state index contributed by atoms with van der Waals surface area (Å²) < 4.78 is 14.7. The Morgan fingerprint density at radius 3 is 2.03 bits per heavy atom. The van der Waals surface area contributed by atoms with Gasteiger partial charge >= 0.3 is 17.9 Å². The maximum atomic E-state index is 12.3. The summed E-state index contributed by atoms with van der Waals surface area (Å²) in [5.74, 6) is -6.64. The van der Waals surface area contributed by atoms with E-state index in [4.69, 9.17) is 14.2 Å². The van der Waals surface area contributed by atoms with Crippen molar-refractivity contribution in [2.75, 3.05) is 14.2 Å². The van der Waals surface area contributed by atoms with Gasteiger partial charge in [0.25, 0.3) is 0 Å². The number of aliphatic carboxylic acids is 2. The average molecular weight is 478 g/mol. The molecule has 182 valence electrons.